The van der Waals surface area contributed by atoms with Crippen LogP contribution in [-0.4, -0.2) is 24.7 Å². The van der Waals surface area contributed by atoms with Crippen LogP contribution in [-0.2, 0) is 10.8 Å². The molecule has 0 radical (unpaired) electrons. The minimum absolute atomic E-state index is 0.541. The zero-order valence-corrected chi connectivity index (χ0v) is 11.7. The number of ether oxygens (including phenoxy) is 2. The first-order valence-corrected chi connectivity index (χ1v) is 6.79. The zero-order valence-electron chi connectivity index (χ0n) is 10.9. The van der Waals surface area contributed by atoms with Crippen molar-refractivity contribution in [3.05, 3.63) is 23.3 Å². The molecule has 0 aliphatic rings. The number of benzene rings is 1. The molecule has 0 N–H and O–H groups in total. The van der Waals surface area contributed by atoms with Crippen LogP contribution in [0.3, 0.4) is 0 Å². The highest BCUT2D eigenvalue weighted by molar-refractivity contribution is 7.84. The lowest BCUT2D eigenvalue weighted by Gasteiger charge is -2.12. The zero-order chi connectivity index (χ0) is 13.0. The number of hydrogen-bond donors (Lipinski definition) is 0. The maximum absolute atomic E-state index is 11.7. The lowest BCUT2D eigenvalue weighted by molar-refractivity contribution is 0.347. The molecule has 0 aromatic heterocycles. The van der Waals surface area contributed by atoms with Crippen molar-refractivity contribution >= 4 is 16.9 Å². The fraction of sp³-hybridized carbons (Fsp3) is 0.385. The van der Waals surface area contributed by atoms with Crippen LogP contribution in [0.5, 0.6) is 11.5 Å². The smallest absolute Gasteiger partial charge is 0.176 e. The first-order valence-electron chi connectivity index (χ1n) is 5.24. The first-order chi connectivity index (χ1) is 7.99. The van der Waals surface area contributed by atoms with Gasteiger partial charge in [-0.25, -0.2) is 0 Å². The minimum atomic E-state index is -1.11. The SMILES string of the molecule is COc1cc(C=C(C)C)cc(S(C)=O)c1OC. The maximum Gasteiger partial charge on any atom is 0.176 e. The van der Waals surface area contributed by atoms with Crippen LogP contribution in [0.2, 0.25) is 0 Å². The van der Waals surface area contributed by atoms with Gasteiger partial charge in [0.1, 0.15) is 0 Å². The molecule has 17 heavy (non-hydrogen) atoms. The second-order valence-corrected chi connectivity index (χ2v) is 5.28. The monoisotopic (exact) mass is 254 g/mol. The fourth-order valence-corrected chi connectivity index (χ4v) is 2.33. The summed E-state index contributed by atoms with van der Waals surface area (Å²) in [5.41, 5.74) is 2.14. The Balaban J connectivity index is 3.45. The van der Waals surface area contributed by atoms with Gasteiger partial charge in [-0.05, 0) is 31.5 Å². The highest BCUT2D eigenvalue weighted by Crippen LogP contribution is 2.35. The minimum Gasteiger partial charge on any atom is -0.493 e. The Labute approximate surface area is 105 Å². The van der Waals surface area contributed by atoms with Crippen molar-refractivity contribution in [3.8, 4) is 11.5 Å². The van der Waals surface area contributed by atoms with Crippen molar-refractivity contribution < 1.29 is 13.7 Å². The number of rotatable bonds is 4. The molecule has 1 unspecified atom stereocenters. The number of hydrogen-bond acceptors (Lipinski definition) is 3. The average molecular weight is 254 g/mol. The summed E-state index contributed by atoms with van der Waals surface area (Å²) in [6.07, 6.45) is 3.64. The van der Waals surface area contributed by atoms with E-state index >= 15 is 0 Å². The molecule has 0 amide bonds. The molecule has 0 heterocycles. The van der Waals surface area contributed by atoms with Crippen LogP contribution in [0.4, 0.5) is 0 Å². The van der Waals surface area contributed by atoms with Gasteiger partial charge in [-0.3, -0.25) is 4.21 Å². The third-order valence-corrected chi connectivity index (χ3v) is 3.15. The molecule has 0 saturated carbocycles. The molecule has 1 aromatic rings. The van der Waals surface area contributed by atoms with Crippen molar-refractivity contribution in [3.63, 3.8) is 0 Å². The van der Waals surface area contributed by atoms with Crippen LogP contribution in [0, 0.1) is 0 Å². The van der Waals surface area contributed by atoms with Crippen LogP contribution < -0.4 is 9.47 Å². The van der Waals surface area contributed by atoms with Crippen molar-refractivity contribution in [2.75, 3.05) is 20.5 Å². The number of allylic oxidation sites excluding steroid dienone is 1. The summed E-state index contributed by atoms with van der Waals surface area (Å²) in [5, 5.41) is 0. The van der Waals surface area contributed by atoms with Crippen LogP contribution in [0.15, 0.2) is 22.6 Å². The normalized spacial score (nSPS) is 11.8. The van der Waals surface area contributed by atoms with E-state index in [1.807, 2.05) is 32.1 Å². The molecular formula is C13H18O3S. The molecule has 0 aliphatic carbocycles. The highest BCUT2D eigenvalue weighted by atomic mass is 32.2. The van der Waals surface area contributed by atoms with Gasteiger partial charge in [-0.2, -0.15) is 0 Å². The Kier molecular flexibility index (Phi) is 4.75. The van der Waals surface area contributed by atoms with Gasteiger partial charge < -0.3 is 9.47 Å². The maximum atomic E-state index is 11.7. The molecule has 0 saturated heterocycles. The molecule has 0 spiro atoms. The fourth-order valence-electron chi connectivity index (χ4n) is 1.58. The van der Waals surface area contributed by atoms with E-state index in [1.165, 1.54) is 5.57 Å². The van der Waals surface area contributed by atoms with E-state index in [1.54, 1.807) is 20.5 Å². The molecular weight excluding hydrogens is 236 g/mol. The predicted molar refractivity (Wildman–Crippen MR) is 71.2 cm³/mol. The second-order valence-electron chi connectivity index (χ2n) is 3.93. The van der Waals surface area contributed by atoms with E-state index in [0.29, 0.717) is 16.4 Å². The lowest BCUT2D eigenvalue weighted by Crippen LogP contribution is -1.98. The third-order valence-electron chi connectivity index (χ3n) is 2.23. The molecule has 4 heteroatoms. The van der Waals surface area contributed by atoms with Crippen molar-refractivity contribution in [2.45, 2.75) is 18.7 Å². The van der Waals surface area contributed by atoms with Crippen molar-refractivity contribution in [2.24, 2.45) is 0 Å². The Morgan fingerprint density at radius 3 is 2.29 bits per heavy atom. The number of methoxy groups -OCH3 is 2. The van der Waals surface area contributed by atoms with Gasteiger partial charge in [0.2, 0.25) is 0 Å². The van der Waals surface area contributed by atoms with Crippen molar-refractivity contribution in [1.82, 2.24) is 0 Å². The highest BCUT2D eigenvalue weighted by Gasteiger charge is 2.14. The summed E-state index contributed by atoms with van der Waals surface area (Å²) in [4.78, 5) is 0.652. The molecule has 3 nitrogen and oxygen atoms in total. The second kappa shape index (κ2) is 5.87. The summed E-state index contributed by atoms with van der Waals surface area (Å²) < 4.78 is 22.2. The lowest BCUT2D eigenvalue weighted by atomic mass is 10.1. The predicted octanol–water partition coefficient (Wildman–Crippen LogP) is 2.86. The van der Waals surface area contributed by atoms with Gasteiger partial charge in [-0.1, -0.05) is 11.6 Å². The Morgan fingerprint density at radius 1 is 1.24 bits per heavy atom. The summed E-state index contributed by atoms with van der Waals surface area (Å²) in [6.45, 7) is 4.03. The topological polar surface area (TPSA) is 35.5 Å². The van der Waals surface area contributed by atoms with Gasteiger partial charge in [0.15, 0.2) is 11.5 Å². The Bertz CT molecular complexity index is 460. The van der Waals surface area contributed by atoms with E-state index < -0.39 is 10.8 Å². The Hall–Kier alpha value is -1.29. The van der Waals surface area contributed by atoms with Crippen LogP contribution in [0.25, 0.3) is 6.08 Å². The van der Waals surface area contributed by atoms with Gasteiger partial charge in [0.05, 0.1) is 29.9 Å². The summed E-state index contributed by atoms with van der Waals surface area (Å²) in [7, 11) is 2.01. The summed E-state index contributed by atoms with van der Waals surface area (Å²) >= 11 is 0. The molecule has 1 rings (SSSR count). The molecule has 1 atom stereocenters. The quantitative estimate of drug-likeness (QED) is 0.829. The third kappa shape index (κ3) is 3.33. The summed E-state index contributed by atoms with van der Waals surface area (Å²) in [6, 6.07) is 3.74. The first kappa shape index (κ1) is 13.8. The van der Waals surface area contributed by atoms with E-state index in [0.717, 1.165) is 5.56 Å². The van der Waals surface area contributed by atoms with Crippen LogP contribution in [0.1, 0.15) is 19.4 Å². The Morgan fingerprint density at radius 2 is 1.88 bits per heavy atom. The van der Waals surface area contributed by atoms with E-state index in [-0.39, 0.29) is 0 Å². The molecule has 0 bridgehead atoms. The average Bonchev–Trinajstić information content (AvgIpc) is 2.26. The van der Waals surface area contributed by atoms with Crippen LogP contribution >= 0.6 is 0 Å². The van der Waals surface area contributed by atoms with Crippen molar-refractivity contribution in [1.29, 1.82) is 0 Å². The molecule has 0 fully saturated rings. The van der Waals surface area contributed by atoms with Gasteiger partial charge in [0.25, 0.3) is 0 Å². The largest absolute Gasteiger partial charge is 0.493 e. The van der Waals surface area contributed by atoms with Gasteiger partial charge >= 0.3 is 0 Å². The molecule has 0 aliphatic heterocycles. The van der Waals surface area contributed by atoms with E-state index in [4.69, 9.17) is 9.47 Å². The van der Waals surface area contributed by atoms with Gasteiger partial charge in [-0.15, -0.1) is 0 Å². The molecule has 94 valence electrons. The molecule has 1 aromatic carbocycles. The van der Waals surface area contributed by atoms with Gasteiger partial charge in [0, 0.05) is 6.26 Å². The summed E-state index contributed by atoms with van der Waals surface area (Å²) in [5.74, 6) is 1.15. The van der Waals surface area contributed by atoms with E-state index in [2.05, 4.69) is 0 Å². The van der Waals surface area contributed by atoms with E-state index in [9.17, 15) is 4.21 Å². The standard InChI is InChI=1S/C13H18O3S/c1-9(2)6-10-7-11(15-3)13(16-4)12(8-10)17(5)14/h6-8H,1-5H3.